The van der Waals surface area contributed by atoms with Crippen LogP contribution in [0.4, 0.5) is 8.78 Å². The molecule has 0 bridgehead atoms. The summed E-state index contributed by atoms with van der Waals surface area (Å²) in [6.45, 7) is 4.47. The number of hydrogen-bond donors (Lipinski definition) is 0. The second-order valence-corrected chi connectivity index (χ2v) is 8.10. The molecular formula is C22H24F2N6. The molecule has 3 aromatic rings. The van der Waals surface area contributed by atoms with Crippen molar-refractivity contribution in [2.75, 3.05) is 26.2 Å². The number of benzene rings is 2. The highest BCUT2D eigenvalue weighted by atomic mass is 19.1. The summed E-state index contributed by atoms with van der Waals surface area (Å²) in [7, 11) is 0. The van der Waals surface area contributed by atoms with Crippen molar-refractivity contribution in [2.45, 2.75) is 31.5 Å². The summed E-state index contributed by atoms with van der Waals surface area (Å²) >= 11 is 0. The average molecular weight is 410 g/mol. The van der Waals surface area contributed by atoms with E-state index in [9.17, 15) is 8.78 Å². The summed E-state index contributed by atoms with van der Waals surface area (Å²) in [6.07, 6.45) is 2.44. The maximum absolute atomic E-state index is 13.6. The van der Waals surface area contributed by atoms with Crippen LogP contribution in [0, 0.1) is 11.6 Å². The van der Waals surface area contributed by atoms with Crippen molar-refractivity contribution in [3.05, 3.63) is 77.1 Å². The summed E-state index contributed by atoms with van der Waals surface area (Å²) < 4.78 is 28.7. The Kier molecular flexibility index (Phi) is 5.26. The summed E-state index contributed by atoms with van der Waals surface area (Å²) in [5, 5.41) is 12.5. The zero-order chi connectivity index (χ0) is 20.5. The Morgan fingerprint density at radius 3 is 2.43 bits per heavy atom. The molecule has 0 spiro atoms. The van der Waals surface area contributed by atoms with Gasteiger partial charge in [-0.3, -0.25) is 9.80 Å². The van der Waals surface area contributed by atoms with Gasteiger partial charge in [0.25, 0.3) is 0 Å². The zero-order valence-corrected chi connectivity index (χ0v) is 16.7. The molecule has 6 nitrogen and oxygen atoms in total. The number of nitrogens with zero attached hydrogens (tertiary/aromatic N) is 6. The highest BCUT2D eigenvalue weighted by Crippen LogP contribution is 2.32. The molecule has 0 radical (unpaired) electrons. The van der Waals surface area contributed by atoms with Crippen LogP contribution in [-0.4, -0.2) is 62.2 Å². The monoisotopic (exact) mass is 410 g/mol. The van der Waals surface area contributed by atoms with Crippen LogP contribution in [0.5, 0.6) is 0 Å². The van der Waals surface area contributed by atoms with Crippen molar-refractivity contribution in [1.29, 1.82) is 0 Å². The first kappa shape index (κ1) is 19.3. The molecule has 2 saturated heterocycles. The Balaban J connectivity index is 1.48. The van der Waals surface area contributed by atoms with Gasteiger partial charge in [0.05, 0.1) is 12.6 Å². The van der Waals surface area contributed by atoms with Crippen LogP contribution >= 0.6 is 0 Å². The van der Waals surface area contributed by atoms with E-state index in [0.29, 0.717) is 12.6 Å². The van der Waals surface area contributed by atoms with Crippen LogP contribution in [0.25, 0.3) is 0 Å². The topological polar surface area (TPSA) is 50.1 Å². The van der Waals surface area contributed by atoms with E-state index in [0.717, 1.165) is 36.6 Å². The van der Waals surface area contributed by atoms with Crippen molar-refractivity contribution in [3.63, 3.8) is 0 Å². The fourth-order valence-corrected chi connectivity index (χ4v) is 4.70. The maximum Gasteiger partial charge on any atom is 0.173 e. The lowest BCUT2D eigenvalue weighted by atomic mass is 10.0. The highest BCUT2D eigenvalue weighted by molar-refractivity contribution is 5.26. The van der Waals surface area contributed by atoms with Gasteiger partial charge in [-0.1, -0.05) is 24.3 Å². The van der Waals surface area contributed by atoms with E-state index >= 15 is 0 Å². The maximum atomic E-state index is 13.6. The summed E-state index contributed by atoms with van der Waals surface area (Å²) in [4.78, 5) is 4.96. The van der Waals surface area contributed by atoms with E-state index in [1.54, 1.807) is 16.8 Å². The third-order valence-corrected chi connectivity index (χ3v) is 6.22. The van der Waals surface area contributed by atoms with Crippen molar-refractivity contribution >= 4 is 0 Å². The first-order valence-corrected chi connectivity index (χ1v) is 10.4. The van der Waals surface area contributed by atoms with Crippen LogP contribution in [0.2, 0.25) is 0 Å². The number of tetrazole rings is 1. The number of aromatic nitrogens is 4. The number of hydrogen-bond acceptors (Lipinski definition) is 5. The van der Waals surface area contributed by atoms with Gasteiger partial charge in [-0.25, -0.2) is 13.5 Å². The molecule has 0 saturated carbocycles. The van der Waals surface area contributed by atoms with E-state index in [-0.39, 0.29) is 17.7 Å². The van der Waals surface area contributed by atoms with Gasteiger partial charge in [0.1, 0.15) is 11.6 Å². The van der Waals surface area contributed by atoms with Gasteiger partial charge < -0.3 is 0 Å². The minimum atomic E-state index is -0.269. The molecule has 156 valence electrons. The first-order valence-electron chi connectivity index (χ1n) is 10.4. The van der Waals surface area contributed by atoms with Gasteiger partial charge in [0.15, 0.2) is 5.82 Å². The van der Waals surface area contributed by atoms with Gasteiger partial charge in [-0.05, 0) is 65.2 Å². The third-order valence-electron chi connectivity index (χ3n) is 6.22. The molecule has 2 fully saturated rings. The van der Waals surface area contributed by atoms with Crippen molar-refractivity contribution in [3.8, 4) is 0 Å². The van der Waals surface area contributed by atoms with E-state index < -0.39 is 0 Å². The van der Waals surface area contributed by atoms with Crippen LogP contribution in [0.1, 0.15) is 35.8 Å². The van der Waals surface area contributed by atoms with Crippen LogP contribution in [-0.2, 0) is 6.54 Å². The lowest BCUT2D eigenvalue weighted by Crippen LogP contribution is -2.51. The largest absolute Gasteiger partial charge is 0.298 e. The first-order chi connectivity index (χ1) is 14.7. The zero-order valence-electron chi connectivity index (χ0n) is 16.7. The molecule has 0 N–H and O–H groups in total. The summed E-state index contributed by atoms with van der Waals surface area (Å²) in [5.41, 5.74) is 1.89. The Morgan fingerprint density at radius 1 is 0.933 bits per heavy atom. The standard InChI is InChI=1S/C22H24F2N6/c23-18-7-3-16(4-8-18)14-30-22(25-26-27-30)21(17-5-9-19(24)10-6-17)29-13-12-28-11-1-2-20(28)15-29/h3-10,20-21H,1-2,11-15H2. The van der Waals surface area contributed by atoms with Gasteiger partial charge in [0.2, 0.25) is 0 Å². The third kappa shape index (κ3) is 3.85. The van der Waals surface area contributed by atoms with Crippen LogP contribution < -0.4 is 0 Å². The normalized spacial score (nSPS) is 20.9. The van der Waals surface area contributed by atoms with E-state index in [2.05, 4.69) is 25.3 Å². The molecule has 3 heterocycles. The summed E-state index contributed by atoms with van der Waals surface area (Å²) in [5.74, 6) is 0.190. The Morgan fingerprint density at radius 2 is 1.67 bits per heavy atom. The quantitative estimate of drug-likeness (QED) is 0.648. The molecule has 0 amide bonds. The Labute approximate surface area is 174 Å². The molecular weight excluding hydrogens is 386 g/mol. The van der Waals surface area contributed by atoms with Crippen molar-refractivity contribution < 1.29 is 8.78 Å². The molecule has 2 aromatic carbocycles. The Bertz CT molecular complexity index is 988. The minimum absolute atomic E-state index is 0.163. The van der Waals surface area contributed by atoms with E-state index in [1.807, 2.05) is 12.1 Å². The molecule has 0 aliphatic carbocycles. The van der Waals surface area contributed by atoms with Crippen molar-refractivity contribution in [1.82, 2.24) is 30.0 Å². The number of piperazine rings is 1. The van der Waals surface area contributed by atoms with Gasteiger partial charge in [-0.2, -0.15) is 0 Å². The molecule has 2 aliphatic rings. The Hall–Kier alpha value is -2.71. The van der Waals surface area contributed by atoms with Gasteiger partial charge in [-0.15, -0.1) is 5.10 Å². The second-order valence-electron chi connectivity index (χ2n) is 8.10. The van der Waals surface area contributed by atoms with Crippen LogP contribution in [0.3, 0.4) is 0 Å². The smallest absolute Gasteiger partial charge is 0.173 e. The second kappa shape index (κ2) is 8.20. The predicted octanol–water partition coefficient (Wildman–Crippen LogP) is 2.87. The van der Waals surface area contributed by atoms with Crippen molar-refractivity contribution in [2.24, 2.45) is 0 Å². The number of halogens is 2. The average Bonchev–Trinajstić information content (AvgIpc) is 3.41. The van der Waals surface area contributed by atoms with E-state index in [1.165, 1.54) is 43.7 Å². The number of fused-ring (bicyclic) bond motifs is 1. The van der Waals surface area contributed by atoms with Gasteiger partial charge >= 0.3 is 0 Å². The number of rotatable bonds is 5. The molecule has 5 rings (SSSR count). The van der Waals surface area contributed by atoms with Crippen LogP contribution in [0.15, 0.2) is 48.5 Å². The lowest BCUT2D eigenvalue weighted by Gasteiger charge is -2.41. The fraction of sp³-hybridized carbons (Fsp3) is 0.409. The highest BCUT2D eigenvalue weighted by Gasteiger charge is 2.36. The molecule has 2 unspecified atom stereocenters. The summed E-state index contributed by atoms with van der Waals surface area (Å²) in [6, 6.07) is 13.4. The molecule has 8 heteroatoms. The fourth-order valence-electron chi connectivity index (χ4n) is 4.70. The van der Waals surface area contributed by atoms with Gasteiger partial charge in [0, 0.05) is 25.7 Å². The molecule has 1 aromatic heterocycles. The lowest BCUT2D eigenvalue weighted by molar-refractivity contribution is 0.0794. The molecule has 2 atom stereocenters. The minimum Gasteiger partial charge on any atom is -0.298 e. The predicted molar refractivity (Wildman–Crippen MR) is 108 cm³/mol. The molecule has 2 aliphatic heterocycles. The SMILES string of the molecule is Fc1ccc(Cn2nnnc2C(c2ccc(F)cc2)N2CCN3CCCC3C2)cc1. The van der Waals surface area contributed by atoms with E-state index in [4.69, 9.17) is 0 Å². The molecule has 30 heavy (non-hydrogen) atoms.